The average molecular weight is 269 g/mol. The van der Waals surface area contributed by atoms with Gasteiger partial charge in [-0.2, -0.15) is 5.10 Å². The summed E-state index contributed by atoms with van der Waals surface area (Å²) in [5.74, 6) is 0.392. The summed E-state index contributed by atoms with van der Waals surface area (Å²) in [6.07, 6.45) is 0. The van der Waals surface area contributed by atoms with Crippen LogP contribution in [0.5, 0.6) is 0 Å². The third kappa shape index (κ3) is 2.48. The Morgan fingerprint density at radius 3 is 2.47 bits per heavy atom. The van der Waals surface area contributed by atoms with Crippen molar-refractivity contribution >= 4 is 23.2 Å². The summed E-state index contributed by atoms with van der Waals surface area (Å²) in [5, 5.41) is 5.73. The number of hydrogen-bond donors (Lipinski definition) is 0. The van der Waals surface area contributed by atoms with Gasteiger partial charge in [0.2, 0.25) is 0 Å². The largest absolute Gasteiger partial charge is 0.236 e. The van der Waals surface area contributed by atoms with Gasteiger partial charge < -0.3 is 0 Å². The Bertz CT molecular complexity index is 544. The molecule has 2 aromatic rings. The zero-order chi connectivity index (χ0) is 12.6. The Morgan fingerprint density at radius 2 is 1.88 bits per heavy atom. The zero-order valence-electron chi connectivity index (χ0n) is 10.0. The molecule has 2 rings (SSSR count). The van der Waals surface area contributed by atoms with E-state index in [4.69, 9.17) is 23.2 Å². The topological polar surface area (TPSA) is 17.8 Å². The smallest absolute Gasteiger partial charge is 0.0836 e. The van der Waals surface area contributed by atoms with Crippen LogP contribution >= 0.6 is 23.2 Å². The van der Waals surface area contributed by atoms with Crippen LogP contribution in [0.4, 0.5) is 0 Å². The second-order valence-electron chi connectivity index (χ2n) is 4.37. The maximum absolute atomic E-state index is 6.20. The third-order valence-corrected chi connectivity index (χ3v) is 3.13. The average Bonchev–Trinajstić information content (AvgIpc) is 2.60. The number of benzene rings is 1. The molecule has 2 nitrogen and oxygen atoms in total. The number of halogens is 2. The van der Waals surface area contributed by atoms with Gasteiger partial charge in [-0.05, 0) is 37.1 Å². The molecule has 0 aliphatic rings. The maximum atomic E-state index is 6.20. The highest BCUT2D eigenvalue weighted by atomic mass is 35.5. The summed E-state index contributed by atoms with van der Waals surface area (Å²) >= 11 is 12.1. The second-order valence-corrected chi connectivity index (χ2v) is 5.22. The molecular weight excluding hydrogens is 255 g/mol. The summed E-state index contributed by atoms with van der Waals surface area (Å²) in [6.45, 7) is 6.25. The van der Waals surface area contributed by atoms with Crippen molar-refractivity contribution in [2.24, 2.45) is 0 Å². The van der Waals surface area contributed by atoms with Crippen molar-refractivity contribution in [3.8, 4) is 5.69 Å². The highest BCUT2D eigenvalue weighted by Gasteiger charge is 2.13. The number of hydrogen-bond acceptors (Lipinski definition) is 1. The van der Waals surface area contributed by atoms with Crippen LogP contribution in [0, 0.1) is 6.92 Å². The van der Waals surface area contributed by atoms with Gasteiger partial charge in [0.25, 0.3) is 0 Å². The highest BCUT2D eigenvalue weighted by molar-refractivity contribution is 6.35. The third-order valence-electron chi connectivity index (χ3n) is 2.59. The SMILES string of the molecule is Cc1cc(C(C)C)n(-c2ccc(Cl)cc2Cl)n1. The van der Waals surface area contributed by atoms with E-state index in [1.807, 2.05) is 23.7 Å². The molecule has 0 unspecified atom stereocenters. The van der Waals surface area contributed by atoms with Gasteiger partial charge in [0.05, 0.1) is 16.4 Å². The van der Waals surface area contributed by atoms with Crippen molar-refractivity contribution in [2.75, 3.05) is 0 Å². The first-order valence-corrected chi connectivity index (χ1v) is 6.26. The van der Waals surface area contributed by atoms with Crippen LogP contribution in [-0.4, -0.2) is 9.78 Å². The lowest BCUT2D eigenvalue weighted by molar-refractivity contribution is 0.731. The molecule has 0 amide bonds. The van der Waals surface area contributed by atoms with E-state index < -0.39 is 0 Å². The molecule has 0 aliphatic heterocycles. The lowest BCUT2D eigenvalue weighted by atomic mass is 10.1. The molecule has 1 aromatic carbocycles. The minimum Gasteiger partial charge on any atom is -0.236 e. The van der Waals surface area contributed by atoms with Gasteiger partial charge in [-0.3, -0.25) is 0 Å². The van der Waals surface area contributed by atoms with Gasteiger partial charge in [0, 0.05) is 10.7 Å². The van der Waals surface area contributed by atoms with Crippen LogP contribution in [0.15, 0.2) is 24.3 Å². The van der Waals surface area contributed by atoms with Gasteiger partial charge >= 0.3 is 0 Å². The zero-order valence-corrected chi connectivity index (χ0v) is 11.5. The van der Waals surface area contributed by atoms with E-state index in [9.17, 15) is 0 Å². The summed E-state index contributed by atoms with van der Waals surface area (Å²) in [4.78, 5) is 0. The Labute approximate surface area is 111 Å². The van der Waals surface area contributed by atoms with E-state index in [2.05, 4.69) is 25.0 Å². The van der Waals surface area contributed by atoms with Crippen molar-refractivity contribution in [3.05, 3.63) is 45.7 Å². The first-order chi connectivity index (χ1) is 7.99. The fourth-order valence-corrected chi connectivity index (χ4v) is 2.27. The van der Waals surface area contributed by atoms with Crippen molar-refractivity contribution in [1.82, 2.24) is 9.78 Å². The van der Waals surface area contributed by atoms with Gasteiger partial charge in [0.15, 0.2) is 0 Å². The highest BCUT2D eigenvalue weighted by Crippen LogP contribution is 2.27. The van der Waals surface area contributed by atoms with E-state index in [1.165, 1.54) is 0 Å². The molecule has 0 bridgehead atoms. The quantitative estimate of drug-likeness (QED) is 0.778. The Morgan fingerprint density at radius 1 is 1.18 bits per heavy atom. The van der Waals surface area contributed by atoms with Crippen LogP contribution in [0.2, 0.25) is 10.0 Å². The lowest BCUT2D eigenvalue weighted by Gasteiger charge is -2.11. The number of aromatic nitrogens is 2. The van der Waals surface area contributed by atoms with Crippen LogP contribution in [0.1, 0.15) is 31.2 Å². The molecule has 90 valence electrons. The second kappa shape index (κ2) is 4.71. The Balaban J connectivity index is 2.59. The Hall–Kier alpha value is -0.990. The fraction of sp³-hybridized carbons (Fsp3) is 0.308. The minimum absolute atomic E-state index is 0.392. The van der Waals surface area contributed by atoms with Gasteiger partial charge in [0.1, 0.15) is 0 Å². The molecule has 0 N–H and O–H groups in total. The molecular formula is C13H14Cl2N2. The molecule has 0 spiro atoms. The van der Waals surface area contributed by atoms with Crippen molar-refractivity contribution < 1.29 is 0 Å². The van der Waals surface area contributed by atoms with Gasteiger partial charge in [-0.1, -0.05) is 37.0 Å². The summed E-state index contributed by atoms with van der Waals surface area (Å²) in [7, 11) is 0. The lowest BCUT2D eigenvalue weighted by Crippen LogP contribution is -2.04. The first-order valence-electron chi connectivity index (χ1n) is 5.51. The van der Waals surface area contributed by atoms with E-state index in [0.717, 1.165) is 17.1 Å². The van der Waals surface area contributed by atoms with Crippen LogP contribution in [0.25, 0.3) is 5.69 Å². The predicted molar refractivity (Wildman–Crippen MR) is 72.4 cm³/mol. The molecule has 1 heterocycles. The van der Waals surface area contributed by atoms with Gasteiger partial charge in [-0.25, -0.2) is 4.68 Å². The van der Waals surface area contributed by atoms with E-state index >= 15 is 0 Å². The molecule has 0 atom stereocenters. The van der Waals surface area contributed by atoms with Crippen molar-refractivity contribution in [1.29, 1.82) is 0 Å². The fourth-order valence-electron chi connectivity index (χ4n) is 1.78. The van der Waals surface area contributed by atoms with Crippen LogP contribution < -0.4 is 0 Å². The monoisotopic (exact) mass is 268 g/mol. The number of aryl methyl sites for hydroxylation is 1. The van der Waals surface area contributed by atoms with Crippen LogP contribution in [-0.2, 0) is 0 Å². The molecule has 0 aliphatic carbocycles. The van der Waals surface area contributed by atoms with Crippen molar-refractivity contribution in [3.63, 3.8) is 0 Å². The van der Waals surface area contributed by atoms with E-state index in [1.54, 1.807) is 6.07 Å². The van der Waals surface area contributed by atoms with Crippen LogP contribution in [0.3, 0.4) is 0 Å². The molecule has 1 aromatic heterocycles. The molecule has 4 heteroatoms. The van der Waals surface area contributed by atoms with E-state index in [0.29, 0.717) is 16.0 Å². The normalized spacial score (nSPS) is 11.2. The maximum Gasteiger partial charge on any atom is 0.0836 e. The summed E-state index contributed by atoms with van der Waals surface area (Å²) < 4.78 is 1.89. The summed E-state index contributed by atoms with van der Waals surface area (Å²) in [5.41, 5.74) is 3.00. The summed E-state index contributed by atoms with van der Waals surface area (Å²) in [6, 6.07) is 7.53. The van der Waals surface area contributed by atoms with Gasteiger partial charge in [-0.15, -0.1) is 0 Å². The molecule has 0 radical (unpaired) electrons. The predicted octanol–water partition coefficient (Wildman–Crippen LogP) is 4.61. The minimum atomic E-state index is 0.392. The number of rotatable bonds is 2. The molecule has 0 fully saturated rings. The first kappa shape index (κ1) is 12.5. The number of nitrogens with zero attached hydrogens (tertiary/aromatic N) is 2. The standard InChI is InChI=1S/C13H14Cl2N2/c1-8(2)13-6-9(3)16-17(13)12-5-4-10(14)7-11(12)15/h4-8H,1-3H3. The molecule has 17 heavy (non-hydrogen) atoms. The molecule has 0 saturated heterocycles. The Kier molecular flexibility index (Phi) is 3.45. The van der Waals surface area contributed by atoms with Crippen molar-refractivity contribution in [2.45, 2.75) is 26.7 Å². The van der Waals surface area contributed by atoms with E-state index in [-0.39, 0.29) is 0 Å². The molecule has 0 saturated carbocycles.